The first-order valence-corrected chi connectivity index (χ1v) is 9.92. The van der Waals surface area contributed by atoms with Gasteiger partial charge in [0.1, 0.15) is 0 Å². The standard InChI is InChI=1S/C22H31N3O2/c1-18(2)15-21(25-11-13-27-14-12-25)17-23-22(26)16-19-5-7-20(8-6-19)24-9-3-4-10-24/h3-10,18,21H,11-17H2,1-2H3,(H,23,26). The number of carbonyl (C=O) groups excluding carboxylic acids is 1. The SMILES string of the molecule is CC(C)CC(CNC(=O)Cc1ccc(-n2cccc2)cc1)N1CCOCC1. The monoisotopic (exact) mass is 369 g/mol. The van der Waals surface area contributed by atoms with E-state index in [0.717, 1.165) is 44.0 Å². The van der Waals surface area contributed by atoms with Gasteiger partial charge in [-0.15, -0.1) is 0 Å². The maximum atomic E-state index is 12.4. The van der Waals surface area contributed by atoms with E-state index in [4.69, 9.17) is 4.74 Å². The number of amides is 1. The summed E-state index contributed by atoms with van der Waals surface area (Å²) < 4.78 is 7.52. The molecule has 27 heavy (non-hydrogen) atoms. The minimum absolute atomic E-state index is 0.0886. The molecule has 1 aliphatic rings. The Hall–Kier alpha value is -2.11. The number of aromatic nitrogens is 1. The molecule has 0 bridgehead atoms. The number of morpholine rings is 1. The second kappa shape index (κ2) is 9.72. The molecule has 1 fully saturated rings. The fraction of sp³-hybridized carbons (Fsp3) is 0.500. The Kier molecular flexibility index (Phi) is 7.07. The molecule has 0 spiro atoms. The van der Waals surface area contributed by atoms with Crippen molar-refractivity contribution < 1.29 is 9.53 Å². The molecule has 2 aromatic rings. The molecule has 1 amide bonds. The highest BCUT2D eigenvalue weighted by Crippen LogP contribution is 2.14. The third kappa shape index (κ3) is 5.94. The Balaban J connectivity index is 1.51. The zero-order valence-corrected chi connectivity index (χ0v) is 16.4. The lowest BCUT2D eigenvalue weighted by Gasteiger charge is -2.35. The summed E-state index contributed by atoms with van der Waals surface area (Å²) in [5.74, 6) is 0.696. The number of hydrogen-bond acceptors (Lipinski definition) is 3. The topological polar surface area (TPSA) is 46.5 Å². The number of ether oxygens (including phenoxy) is 1. The summed E-state index contributed by atoms with van der Waals surface area (Å²) in [6, 6.07) is 12.6. The number of benzene rings is 1. The van der Waals surface area contributed by atoms with Crippen LogP contribution in [0, 0.1) is 5.92 Å². The van der Waals surface area contributed by atoms with Crippen LogP contribution in [0.15, 0.2) is 48.8 Å². The first kappa shape index (κ1) is 19.6. The van der Waals surface area contributed by atoms with Crippen molar-refractivity contribution in [2.24, 2.45) is 5.92 Å². The van der Waals surface area contributed by atoms with Gasteiger partial charge >= 0.3 is 0 Å². The fourth-order valence-corrected chi connectivity index (χ4v) is 3.62. The molecule has 1 unspecified atom stereocenters. The molecule has 146 valence electrons. The minimum Gasteiger partial charge on any atom is -0.379 e. The molecule has 5 nitrogen and oxygen atoms in total. The lowest BCUT2D eigenvalue weighted by atomic mass is 10.0. The molecular weight excluding hydrogens is 338 g/mol. The smallest absolute Gasteiger partial charge is 0.224 e. The number of rotatable bonds is 8. The van der Waals surface area contributed by atoms with Gasteiger partial charge in [-0.05, 0) is 42.2 Å². The van der Waals surface area contributed by atoms with Gasteiger partial charge in [-0.25, -0.2) is 0 Å². The second-order valence-corrected chi connectivity index (χ2v) is 7.67. The van der Waals surface area contributed by atoms with Gasteiger partial charge in [0.2, 0.25) is 5.91 Å². The molecule has 0 aliphatic carbocycles. The summed E-state index contributed by atoms with van der Waals surface area (Å²) in [4.78, 5) is 14.9. The van der Waals surface area contributed by atoms with Crippen LogP contribution in [-0.4, -0.2) is 54.3 Å². The predicted octanol–water partition coefficient (Wildman–Crippen LogP) is 2.88. The van der Waals surface area contributed by atoms with Gasteiger partial charge in [-0.3, -0.25) is 9.69 Å². The molecule has 5 heteroatoms. The van der Waals surface area contributed by atoms with Crippen molar-refractivity contribution in [3.63, 3.8) is 0 Å². The maximum absolute atomic E-state index is 12.4. The van der Waals surface area contributed by atoms with Crippen LogP contribution in [0.2, 0.25) is 0 Å². The van der Waals surface area contributed by atoms with Crippen molar-refractivity contribution in [2.45, 2.75) is 32.7 Å². The molecule has 0 radical (unpaired) electrons. The molecule has 3 rings (SSSR count). The van der Waals surface area contributed by atoms with Gasteiger partial charge in [0.15, 0.2) is 0 Å². The Morgan fingerprint density at radius 1 is 1.11 bits per heavy atom. The lowest BCUT2D eigenvalue weighted by Crippen LogP contribution is -2.49. The van der Waals surface area contributed by atoms with Crippen molar-refractivity contribution in [3.8, 4) is 5.69 Å². The average Bonchev–Trinajstić information content (AvgIpc) is 3.21. The number of carbonyl (C=O) groups is 1. The second-order valence-electron chi connectivity index (χ2n) is 7.67. The normalized spacial score (nSPS) is 16.4. The average molecular weight is 370 g/mol. The summed E-state index contributed by atoms with van der Waals surface area (Å²) in [7, 11) is 0. The Labute approximate surface area is 162 Å². The molecule has 0 saturated carbocycles. The quantitative estimate of drug-likeness (QED) is 0.778. The third-order valence-corrected chi connectivity index (χ3v) is 5.04. The number of hydrogen-bond donors (Lipinski definition) is 1. The zero-order valence-electron chi connectivity index (χ0n) is 16.4. The molecule has 2 heterocycles. The van der Waals surface area contributed by atoms with E-state index in [-0.39, 0.29) is 5.91 Å². The van der Waals surface area contributed by atoms with E-state index in [9.17, 15) is 4.79 Å². The summed E-state index contributed by atoms with van der Waals surface area (Å²) in [5.41, 5.74) is 2.14. The Morgan fingerprint density at radius 3 is 2.41 bits per heavy atom. The van der Waals surface area contributed by atoms with Crippen LogP contribution in [0.3, 0.4) is 0 Å². The Bertz CT molecular complexity index is 689. The molecule has 1 aliphatic heterocycles. The van der Waals surface area contributed by atoms with Crippen molar-refractivity contribution in [2.75, 3.05) is 32.8 Å². The van der Waals surface area contributed by atoms with E-state index >= 15 is 0 Å². The highest BCUT2D eigenvalue weighted by atomic mass is 16.5. The third-order valence-electron chi connectivity index (χ3n) is 5.04. The van der Waals surface area contributed by atoms with Crippen LogP contribution in [0.5, 0.6) is 0 Å². The highest BCUT2D eigenvalue weighted by Gasteiger charge is 2.22. The first-order chi connectivity index (χ1) is 13.1. The number of nitrogens with one attached hydrogen (secondary N) is 1. The van der Waals surface area contributed by atoms with E-state index in [1.165, 1.54) is 0 Å². The molecule has 1 aromatic carbocycles. The predicted molar refractivity (Wildman–Crippen MR) is 108 cm³/mol. The summed E-state index contributed by atoms with van der Waals surface area (Å²) in [5, 5.41) is 3.15. The largest absolute Gasteiger partial charge is 0.379 e. The van der Waals surface area contributed by atoms with Gasteiger partial charge in [0.25, 0.3) is 0 Å². The van der Waals surface area contributed by atoms with Crippen molar-refractivity contribution in [1.29, 1.82) is 0 Å². The van der Waals surface area contributed by atoms with E-state index in [2.05, 4.69) is 40.8 Å². The summed E-state index contributed by atoms with van der Waals surface area (Å²) in [6.45, 7) is 8.66. The van der Waals surface area contributed by atoms with E-state index < -0.39 is 0 Å². The minimum atomic E-state index is 0.0886. The van der Waals surface area contributed by atoms with E-state index in [0.29, 0.717) is 24.9 Å². The summed E-state index contributed by atoms with van der Waals surface area (Å²) >= 11 is 0. The molecule has 1 aromatic heterocycles. The zero-order chi connectivity index (χ0) is 19.1. The first-order valence-electron chi connectivity index (χ1n) is 9.92. The lowest BCUT2D eigenvalue weighted by molar-refractivity contribution is -0.120. The summed E-state index contributed by atoms with van der Waals surface area (Å²) in [6.07, 6.45) is 5.54. The van der Waals surface area contributed by atoms with Crippen molar-refractivity contribution in [3.05, 3.63) is 54.4 Å². The van der Waals surface area contributed by atoms with Crippen molar-refractivity contribution in [1.82, 2.24) is 14.8 Å². The van der Waals surface area contributed by atoms with Crippen molar-refractivity contribution >= 4 is 5.91 Å². The van der Waals surface area contributed by atoms with E-state index in [1.807, 2.05) is 36.7 Å². The van der Waals surface area contributed by atoms with Crippen LogP contribution < -0.4 is 5.32 Å². The molecule has 1 atom stereocenters. The highest BCUT2D eigenvalue weighted by molar-refractivity contribution is 5.78. The van der Waals surface area contributed by atoms with Gasteiger partial charge in [0, 0.05) is 43.8 Å². The maximum Gasteiger partial charge on any atom is 0.224 e. The van der Waals surface area contributed by atoms with Crippen LogP contribution in [0.1, 0.15) is 25.8 Å². The molecular formula is C22H31N3O2. The van der Waals surface area contributed by atoms with Gasteiger partial charge < -0.3 is 14.6 Å². The van der Waals surface area contributed by atoms with Gasteiger partial charge in [-0.1, -0.05) is 26.0 Å². The van der Waals surface area contributed by atoms with Crippen LogP contribution in [-0.2, 0) is 16.0 Å². The van der Waals surface area contributed by atoms with Gasteiger partial charge in [-0.2, -0.15) is 0 Å². The van der Waals surface area contributed by atoms with Crippen LogP contribution >= 0.6 is 0 Å². The Morgan fingerprint density at radius 2 is 1.78 bits per heavy atom. The molecule has 1 N–H and O–H groups in total. The van der Waals surface area contributed by atoms with Crippen LogP contribution in [0.4, 0.5) is 0 Å². The van der Waals surface area contributed by atoms with E-state index in [1.54, 1.807) is 0 Å². The van der Waals surface area contributed by atoms with Gasteiger partial charge in [0.05, 0.1) is 19.6 Å². The van der Waals surface area contributed by atoms with Crippen LogP contribution in [0.25, 0.3) is 5.69 Å². The number of nitrogens with zero attached hydrogens (tertiary/aromatic N) is 2. The molecule has 1 saturated heterocycles. The fourth-order valence-electron chi connectivity index (χ4n) is 3.62.